The highest BCUT2D eigenvalue weighted by Gasteiger charge is 2.48. The Labute approximate surface area is 95.5 Å². The van der Waals surface area contributed by atoms with Gasteiger partial charge in [-0.05, 0) is 25.7 Å². The monoisotopic (exact) mass is 247 g/mol. The summed E-state index contributed by atoms with van der Waals surface area (Å²) in [6.07, 6.45) is 3.10. The van der Waals surface area contributed by atoms with E-state index in [-0.39, 0.29) is 17.5 Å². The molecule has 0 radical (unpaired) electrons. The Balaban J connectivity index is 2.21. The summed E-state index contributed by atoms with van der Waals surface area (Å²) in [6.45, 7) is 0. The van der Waals surface area contributed by atoms with Gasteiger partial charge in [0, 0.05) is 6.04 Å². The van der Waals surface area contributed by atoms with Crippen LogP contribution in [0.2, 0.25) is 0 Å². The molecule has 0 aromatic carbocycles. The second-order valence-electron chi connectivity index (χ2n) is 4.69. The van der Waals surface area contributed by atoms with Crippen LogP contribution in [0.25, 0.3) is 0 Å². The van der Waals surface area contributed by atoms with Crippen LogP contribution in [0.3, 0.4) is 0 Å². The summed E-state index contributed by atoms with van der Waals surface area (Å²) in [5, 5.41) is 3.16. The number of esters is 1. The number of nitrogens with one attached hydrogen (secondary N) is 1. The molecule has 0 spiro atoms. The fourth-order valence-electron chi connectivity index (χ4n) is 2.26. The van der Waals surface area contributed by atoms with E-state index in [4.69, 9.17) is 4.74 Å². The number of carbonyl (C=O) groups excluding carboxylic acids is 1. The second-order valence-corrected chi connectivity index (χ2v) is 6.87. The quantitative estimate of drug-likeness (QED) is 0.703. The number of ether oxygens (including phenoxy) is 1. The van der Waals surface area contributed by atoms with Gasteiger partial charge in [-0.25, -0.2) is 8.42 Å². The van der Waals surface area contributed by atoms with E-state index in [1.165, 1.54) is 7.11 Å². The van der Waals surface area contributed by atoms with Crippen LogP contribution >= 0.6 is 0 Å². The molecular formula is C10H17NO4S. The van der Waals surface area contributed by atoms with E-state index in [0.29, 0.717) is 12.8 Å². The molecule has 1 aliphatic carbocycles. The van der Waals surface area contributed by atoms with Crippen molar-refractivity contribution in [2.45, 2.75) is 37.3 Å². The van der Waals surface area contributed by atoms with Gasteiger partial charge in [0.25, 0.3) is 0 Å². The molecule has 1 saturated heterocycles. The van der Waals surface area contributed by atoms with Gasteiger partial charge < -0.3 is 4.74 Å². The van der Waals surface area contributed by atoms with Crippen LogP contribution in [0.15, 0.2) is 0 Å². The highest BCUT2D eigenvalue weighted by atomic mass is 32.2. The first-order valence-electron chi connectivity index (χ1n) is 5.54. The Morgan fingerprint density at radius 2 is 2.12 bits per heavy atom. The normalized spacial score (nSPS) is 33.3. The summed E-state index contributed by atoms with van der Waals surface area (Å²) in [6, 6.07) is 0.285. The number of carbonyl (C=O) groups is 1. The molecule has 16 heavy (non-hydrogen) atoms. The fourth-order valence-corrected chi connectivity index (χ4v) is 4.09. The Morgan fingerprint density at radius 1 is 1.44 bits per heavy atom. The number of methoxy groups -OCH3 is 1. The van der Waals surface area contributed by atoms with Gasteiger partial charge in [0.1, 0.15) is 5.54 Å². The molecule has 2 rings (SSSR count). The Kier molecular flexibility index (Phi) is 2.96. The molecule has 0 aromatic heterocycles. The van der Waals surface area contributed by atoms with E-state index in [0.717, 1.165) is 12.8 Å². The predicted octanol–water partition coefficient (Wildman–Crippen LogP) is -0.141. The third kappa shape index (κ3) is 2.38. The highest BCUT2D eigenvalue weighted by molar-refractivity contribution is 7.91. The van der Waals surface area contributed by atoms with Crippen molar-refractivity contribution in [3.8, 4) is 0 Å². The van der Waals surface area contributed by atoms with Gasteiger partial charge >= 0.3 is 5.97 Å². The van der Waals surface area contributed by atoms with Crippen molar-refractivity contribution in [1.82, 2.24) is 5.32 Å². The average molecular weight is 247 g/mol. The first kappa shape index (κ1) is 11.9. The first-order chi connectivity index (χ1) is 7.47. The minimum Gasteiger partial charge on any atom is -0.468 e. The molecule has 1 heterocycles. The number of sulfone groups is 1. The van der Waals surface area contributed by atoms with Crippen molar-refractivity contribution in [2.75, 3.05) is 18.6 Å². The summed E-state index contributed by atoms with van der Waals surface area (Å²) in [7, 11) is -1.82. The third-order valence-electron chi connectivity index (χ3n) is 3.16. The maximum Gasteiger partial charge on any atom is 0.327 e. The Bertz CT molecular complexity index is 388. The lowest BCUT2D eigenvalue weighted by Gasteiger charge is -2.35. The van der Waals surface area contributed by atoms with Crippen LogP contribution in [0.1, 0.15) is 25.7 Å². The zero-order valence-electron chi connectivity index (χ0n) is 9.36. The van der Waals surface area contributed by atoms with Crippen LogP contribution in [0.4, 0.5) is 0 Å². The summed E-state index contributed by atoms with van der Waals surface area (Å²) in [5.74, 6) is -0.385. The smallest absolute Gasteiger partial charge is 0.327 e. The molecule has 1 N–H and O–H groups in total. The average Bonchev–Trinajstić information content (AvgIpc) is 2.98. The largest absolute Gasteiger partial charge is 0.468 e. The van der Waals surface area contributed by atoms with E-state index in [1.54, 1.807) is 0 Å². The van der Waals surface area contributed by atoms with Crippen molar-refractivity contribution < 1.29 is 17.9 Å². The van der Waals surface area contributed by atoms with Gasteiger partial charge in [0.2, 0.25) is 0 Å². The van der Waals surface area contributed by atoms with Gasteiger partial charge in [-0.1, -0.05) is 0 Å². The molecule has 1 atom stereocenters. The number of hydrogen-bond acceptors (Lipinski definition) is 5. The molecule has 2 fully saturated rings. The molecular weight excluding hydrogens is 230 g/mol. The molecule has 0 bridgehead atoms. The summed E-state index contributed by atoms with van der Waals surface area (Å²) < 4.78 is 28.0. The molecule has 0 aromatic rings. The van der Waals surface area contributed by atoms with Crippen molar-refractivity contribution in [3.63, 3.8) is 0 Å². The Morgan fingerprint density at radius 3 is 2.62 bits per heavy atom. The molecule has 6 heteroatoms. The fraction of sp³-hybridized carbons (Fsp3) is 0.900. The van der Waals surface area contributed by atoms with Crippen LogP contribution in [0.5, 0.6) is 0 Å². The zero-order valence-corrected chi connectivity index (χ0v) is 10.2. The number of rotatable bonds is 3. The van der Waals surface area contributed by atoms with E-state index in [2.05, 4.69) is 5.32 Å². The lowest BCUT2D eigenvalue weighted by atomic mass is 9.95. The lowest BCUT2D eigenvalue weighted by Crippen LogP contribution is -2.60. The maximum atomic E-state index is 11.8. The van der Waals surface area contributed by atoms with E-state index in [1.807, 2.05) is 0 Å². The molecule has 1 saturated carbocycles. The van der Waals surface area contributed by atoms with E-state index < -0.39 is 21.3 Å². The maximum absolute atomic E-state index is 11.8. The second kappa shape index (κ2) is 4.00. The minimum atomic E-state index is -3.13. The van der Waals surface area contributed by atoms with Crippen LogP contribution in [-0.2, 0) is 19.4 Å². The summed E-state index contributed by atoms with van der Waals surface area (Å²) >= 11 is 0. The predicted molar refractivity (Wildman–Crippen MR) is 58.8 cm³/mol. The summed E-state index contributed by atoms with van der Waals surface area (Å²) in [5.41, 5.74) is -0.993. The van der Waals surface area contributed by atoms with Gasteiger partial charge in [0.05, 0.1) is 18.6 Å². The van der Waals surface area contributed by atoms with E-state index in [9.17, 15) is 13.2 Å². The first-order valence-corrected chi connectivity index (χ1v) is 7.36. The van der Waals surface area contributed by atoms with Crippen molar-refractivity contribution in [1.29, 1.82) is 0 Å². The Hall–Kier alpha value is -0.620. The summed E-state index contributed by atoms with van der Waals surface area (Å²) in [4.78, 5) is 11.8. The molecule has 2 aliphatic rings. The lowest BCUT2D eigenvalue weighted by molar-refractivity contribution is -0.148. The van der Waals surface area contributed by atoms with E-state index >= 15 is 0 Å². The van der Waals surface area contributed by atoms with Crippen LogP contribution < -0.4 is 5.32 Å². The topological polar surface area (TPSA) is 72.5 Å². The zero-order chi connectivity index (χ0) is 11.8. The van der Waals surface area contributed by atoms with Gasteiger partial charge in [-0.15, -0.1) is 0 Å². The third-order valence-corrected chi connectivity index (χ3v) is 5.00. The van der Waals surface area contributed by atoms with Crippen molar-refractivity contribution >= 4 is 15.8 Å². The van der Waals surface area contributed by atoms with Crippen molar-refractivity contribution in [2.24, 2.45) is 0 Å². The molecule has 5 nitrogen and oxygen atoms in total. The minimum absolute atomic E-state index is 0.122. The van der Waals surface area contributed by atoms with Gasteiger partial charge in [0.15, 0.2) is 9.84 Å². The standard InChI is InChI=1S/C10H17NO4S/c1-15-9(12)10(11-8-3-4-8)5-2-6-16(13,14)7-10/h8,11H,2-7H2,1H3. The number of hydrogen-bond donors (Lipinski definition) is 1. The molecule has 92 valence electrons. The van der Waals surface area contributed by atoms with Crippen molar-refractivity contribution in [3.05, 3.63) is 0 Å². The van der Waals surface area contributed by atoms with Gasteiger partial charge in [-0.2, -0.15) is 0 Å². The molecule has 0 amide bonds. The SMILES string of the molecule is COC(=O)C1(NC2CC2)CCCS(=O)(=O)C1. The molecule has 1 aliphatic heterocycles. The van der Waals surface area contributed by atoms with Crippen LogP contribution in [-0.4, -0.2) is 44.6 Å². The highest BCUT2D eigenvalue weighted by Crippen LogP contribution is 2.30. The van der Waals surface area contributed by atoms with Crippen LogP contribution in [0, 0.1) is 0 Å². The van der Waals surface area contributed by atoms with Gasteiger partial charge in [-0.3, -0.25) is 10.1 Å². The molecule has 1 unspecified atom stereocenters.